The van der Waals surface area contributed by atoms with Crippen LogP contribution in [-0.2, 0) is 4.79 Å². The maximum Gasteiger partial charge on any atom is 0.236 e. The largest absolute Gasteiger partial charge is 0.342 e. The number of hydrogen-bond acceptors (Lipinski definition) is 3. The summed E-state index contributed by atoms with van der Waals surface area (Å²) in [6, 6.07) is 0. The molecule has 3 nitrogen and oxygen atoms in total. The number of nitrogens with zero attached hydrogens (tertiary/aromatic N) is 2. The number of rotatable bonds is 6. The molecule has 1 aliphatic heterocycles. The lowest BCUT2D eigenvalue weighted by molar-refractivity contribution is -0.132. The summed E-state index contributed by atoms with van der Waals surface area (Å²) in [5.74, 6) is 1.48. The predicted molar refractivity (Wildman–Crippen MR) is 80.1 cm³/mol. The zero-order valence-corrected chi connectivity index (χ0v) is 13.0. The molecular weight excluding hydrogens is 244 g/mol. The fourth-order valence-corrected chi connectivity index (χ4v) is 3.68. The summed E-state index contributed by atoms with van der Waals surface area (Å²) in [4.78, 5) is 16.4. The zero-order valence-electron chi connectivity index (χ0n) is 12.2. The van der Waals surface area contributed by atoms with Gasteiger partial charge in [-0.2, -0.15) is 11.8 Å². The van der Waals surface area contributed by atoms with Gasteiger partial charge in [0.1, 0.15) is 0 Å². The van der Waals surface area contributed by atoms with E-state index in [1.807, 2.05) is 16.7 Å². The third-order valence-corrected chi connectivity index (χ3v) is 4.78. The van der Waals surface area contributed by atoms with Gasteiger partial charge in [-0.05, 0) is 39.0 Å². The van der Waals surface area contributed by atoms with Crippen molar-refractivity contribution in [3.05, 3.63) is 0 Å². The highest BCUT2D eigenvalue weighted by atomic mass is 32.2. The van der Waals surface area contributed by atoms with Crippen molar-refractivity contribution in [3.8, 4) is 0 Å². The average molecular weight is 272 g/mol. The molecule has 1 fully saturated rings. The molecule has 4 heteroatoms. The first-order chi connectivity index (χ1) is 8.71. The van der Waals surface area contributed by atoms with E-state index in [0.717, 1.165) is 31.4 Å². The van der Waals surface area contributed by atoms with E-state index >= 15 is 0 Å². The topological polar surface area (TPSA) is 23.6 Å². The molecule has 106 valence electrons. The molecule has 0 aromatic carbocycles. The van der Waals surface area contributed by atoms with Crippen LogP contribution in [0.2, 0.25) is 0 Å². The first-order valence-electron chi connectivity index (χ1n) is 7.32. The number of carbonyl (C=O) groups excluding carboxylic acids is 1. The van der Waals surface area contributed by atoms with Gasteiger partial charge < -0.3 is 4.90 Å². The lowest BCUT2D eigenvalue weighted by atomic mass is 10.2. The summed E-state index contributed by atoms with van der Waals surface area (Å²) >= 11 is 2.05. The van der Waals surface area contributed by atoms with Gasteiger partial charge in [-0.15, -0.1) is 0 Å². The molecule has 1 heterocycles. The first kappa shape index (κ1) is 15.8. The Morgan fingerprint density at radius 3 is 2.61 bits per heavy atom. The molecule has 1 saturated heterocycles. The van der Waals surface area contributed by atoms with Crippen LogP contribution in [0.25, 0.3) is 0 Å². The molecule has 18 heavy (non-hydrogen) atoms. The minimum atomic E-state index is 0.294. The number of carbonyl (C=O) groups is 1. The molecule has 0 N–H and O–H groups in total. The maximum absolute atomic E-state index is 12.1. The Balaban J connectivity index is 2.45. The third-order valence-electron chi connectivity index (χ3n) is 3.59. The SMILES string of the molecule is CCS[C@@H]1CCCCN(CC(=O)N(CC)CC)C1. The van der Waals surface area contributed by atoms with Gasteiger partial charge in [0, 0.05) is 24.9 Å². The Morgan fingerprint density at radius 2 is 2.00 bits per heavy atom. The van der Waals surface area contributed by atoms with Crippen molar-refractivity contribution < 1.29 is 4.79 Å². The van der Waals surface area contributed by atoms with E-state index in [9.17, 15) is 4.79 Å². The average Bonchev–Trinajstić information content (AvgIpc) is 2.56. The van der Waals surface area contributed by atoms with Gasteiger partial charge in [0.15, 0.2) is 0 Å². The van der Waals surface area contributed by atoms with Crippen LogP contribution in [0.1, 0.15) is 40.0 Å². The van der Waals surface area contributed by atoms with E-state index in [0.29, 0.717) is 12.5 Å². The molecule has 0 unspecified atom stereocenters. The van der Waals surface area contributed by atoms with Crippen LogP contribution in [-0.4, -0.2) is 59.4 Å². The standard InChI is InChI=1S/C14H28N2OS/c1-4-16(5-2)14(17)12-15-10-8-7-9-13(11-15)18-6-3/h13H,4-12H2,1-3H3/t13-/m1/s1. The van der Waals surface area contributed by atoms with Gasteiger partial charge >= 0.3 is 0 Å². The highest BCUT2D eigenvalue weighted by Gasteiger charge is 2.21. The van der Waals surface area contributed by atoms with Gasteiger partial charge in [0.25, 0.3) is 0 Å². The van der Waals surface area contributed by atoms with Crippen molar-refractivity contribution in [1.82, 2.24) is 9.80 Å². The highest BCUT2D eigenvalue weighted by molar-refractivity contribution is 7.99. The van der Waals surface area contributed by atoms with Gasteiger partial charge in [-0.25, -0.2) is 0 Å². The lowest BCUT2D eigenvalue weighted by Gasteiger charge is -2.26. The van der Waals surface area contributed by atoms with E-state index in [1.165, 1.54) is 25.0 Å². The highest BCUT2D eigenvalue weighted by Crippen LogP contribution is 2.21. The summed E-state index contributed by atoms with van der Waals surface area (Å²) in [6.07, 6.45) is 3.87. The number of likely N-dealkylation sites (tertiary alicyclic amines) is 1. The lowest BCUT2D eigenvalue weighted by Crippen LogP contribution is -2.42. The van der Waals surface area contributed by atoms with Crippen molar-refractivity contribution in [2.75, 3.05) is 38.5 Å². The maximum atomic E-state index is 12.1. The minimum Gasteiger partial charge on any atom is -0.342 e. The number of hydrogen-bond donors (Lipinski definition) is 0. The third kappa shape index (κ3) is 5.19. The molecule has 0 aromatic rings. The van der Waals surface area contributed by atoms with E-state index in [4.69, 9.17) is 0 Å². The summed E-state index contributed by atoms with van der Waals surface area (Å²) in [6.45, 7) is 10.8. The Bertz CT molecular complexity index is 244. The monoisotopic (exact) mass is 272 g/mol. The quantitative estimate of drug-likeness (QED) is 0.742. The molecule has 1 aliphatic rings. The van der Waals surface area contributed by atoms with Gasteiger partial charge in [-0.1, -0.05) is 13.3 Å². The molecule has 0 aliphatic carbocycles. The molecule has 0 radical (unpaired) electrons. The Hall–Kier alpha value is -0.220. The fourth-order valence-electron chi connectivity index (χ4n) is 2.56. The summed E-state index contributed by atoms with van der Waals surface area (Å²) in [5, 5.41) is 0.724. The van der Waals surface area contributed by atoms with Gasteiger partial charge in [-0.3, -0.25) is 9.69 Å². The summed E-state index contributed by atoms with van der Waals surface area (Å²) in [5.41, 5.74) is 0. The smallest absolute Gasteiger partial charge is 0.236 e. The van der Waals surface area contributed by atoms with Crippen molar-refractivity contribution in [2.24, 2.45) is 0 Å². The van der Waals surface area contributed by atoms with E-state index in [1.54, 1.807) is 0 Å². The predicted octanol–water partition coefficient (Wildman–Crippen LogP) is 2.46. The van der Waals surface area contributed by atoms with Crippen LogP contribution in [0.4, 0.5) is 0 Å². The van der Waals surface area contributed by atoms with Crippen molar-refractivity contribution >= 4 is 17.7 Å². The molecule has 0 aromatic heterocycles. The zero-order chi connectivity index (χ0) is 13.4. The van der Waals surface area contributed by atoms with Crippen LogP contribution in [0.5, 0.6) is 0 Å². The molecular formula is C14H28N2OS. The molecule has 1 rings (SSSR count). The number of thioether (sulfide) groups is 1. The second kappa shape index (κ2) is 8.81. The van der Waals surface area contributed by atoms with Crippen molar-refractivity contribution in [3.63, 3.8) is 0 Å². The van der Waals surface area contributed by atoms with Crippen LogP contribution in [0.3, 0.4) is 0 Å². The second-order valence-corrected chi connectivity index (χ2v) is 6.45. The summed E-state index contributed by atoms with van der Waals surface area (Å²) < 4.78 is 0. The minimum absolute atomic E-state index is 0.294. The summed E-state index contributed by atoms with van der Waals surface area (Å²) in [7, 11) is 0. The Kier molecular flexibility index (Phi) is 7.75. The Morgan fingerprint density at radius 1 is 1.28 bits per heavy atom. The molecule has 0 saturated carbocycles. The van der Waals surface area contributed by atoms with Gasteiger partial charge in [0.2, 0.25) is 5.91 Å². The molecule has 0 spiro atoms. The normalized spacial score (nSPS) is 21.6. The molecule has 1 amide bonds. The number of amides is 1. The molecule has 0 bridgehead atoms. The first-order valence-corrected chi connectivity index (χ1v) is 8.37. The van der Waals surface area contributed by atoms with Crippen LogP contribution in [0, 0.1) is 0 Å². The van der Waals surface area contributed by atoms with Crippen molar-refractivity contribution in [1.29, 1.82) is 0 Å². The van der Waals surface area contributed by atoms with Crippen molar-refractivity contribution in [2.45, 2.75) is 45.3 Å². The van der Waals surface area contributed by atoms with E-state index in [-0.39, 0.29) is 0 Å². The van der Waals surface area contributed by atoms with Gasteiger partial charge in [0.05, 0.1) is 6.54 Å². The van der Waals surface area contributed by atoms with E-state index < -0.39 is 0 Å². The van der Waals surface area contributed by atoms with Crippen LogP contribution < -0.4 is 0 Å². The van der Waals surface area contributed by atoms with E-state index in [2.05, 4.69) is 25.7 Å². The molecule has 1 atom stereocenters. The number of likely N-dealkylation sites (N-methyl/N-ethyl adjacent to an activating group) is 1. The Labute approximate surface area is 116 Å². The second-order valence-electron chi connectivity index (χ2n) is 4.87. The van der Waals surface area contributed by atoms with Crippen LogP contribution in [0.15, 0.2) is 0 Å². The fraction of sp³-hybridized carbons (Fsp3) is 0.929. The van der Waals surface area contributed by atoms with Crippen LogP contribution >= 0.6 is 11.8 Å².